The highest BCUT2D eigenvalue weighted by Gasteiger charge is 2.54. The number of carbonyl (C=O) groups is 1. The molecule has 0 aliphatic carbocycles. The highest BCUT2D eigenvalue weighted by Crippen LogP contribution is 2.51. The number of likely N-dealkylation sites (tertiary alicyclic amines) is 1. The van der Waals surface area contributed by atoms with E-state index in [1.54, 1.807) is 7.11 Å². The second-order valence-electron chi connectivity index (χ2n) is 7.55. The molecule has 2 aliphatic heterocycles. The molecular formula is C23H27NO4. The number of para-hydroxylation sites is 1. The Kier molecular flexibility index (Phi) is 5.27. The lowest BCUT2D eigenvalue weighted by Crippen LogP contribution is -2.44. The standard InChI is InChI=1S/C23H27NO4/c1-3-27-22(25)19-15-24(14-17-8-5-4-6-9-17)16-23(19)12-13-28-21-18(23)10-7-11-20(21)26-2/h4-11,19H,3,12-16H2,1-2H3/t19-,23-/m0/s1. The summed E-state index contributed by atoms with van der Waals surface area (Å²) < 4.78 is 17.0. The van der Waals surface area contributed by atoms with Crippen molar-refractivity contribution in [3.05, 3.63) is 59.7 Å². The number of rotatable bonds is 5. The van der Waals surface area contributed by atoms with Crippen LogP contribution in [0.25, 0.3) is 0 Å². The molecule has 2 heterocycles. The summed E-state index contributed by atoms with van der Waals surface area (Å²) in [5.74, 6) is 1.16. The second kappa shape index (κ2) is 7.84. The van der Waals surface area contributed by atoms with E-state index in [1.165, 1.54) is 5.56 Å². The van der Waals surface area contributed by atoms with Gasteiger partial charge in [-0.1, -0.05) is 42.5 Å². The van der Waals surface area contributed by atoms with Crippen molar-refractivity contribution in [2.24, 2.45) is 5.92 Å². The summed E-state index contributed by atoms with van der Waals surface area (Å²) in [6, 6.07) is 16.4. The molecule has 1 fully saturated rings. The summed E-state index contributed by atoms with van der Waals surface area (Å²) in [4.78, 5) is 15.3. The van der Waals surface area contributed by atoms with Crippen LogP contribution < -0.4 is 9.47 Å². The van der Waals surface area contributed by atoms with Crippen molar-refractivity contribution in [3.63, 3.8) is 0 Å². The number of hydrogen-bond donors (Lipinski definition) is 0. The number of carbonyl (C=O) groups excluding carboxylic acids is 1. The molecule has 1 spiro atoms. The van der Waals surface area contributed by atoms with Gasteiger partial charge in [-0.15, -0.1) is 0 Å². The van der Waals surface area contributed by atoms with Gasteiger partial charge < -0.3 is 14.2 Å². The predicted octanol–water partition coefficient (Wildman–Crippen LogP) is 3.41. The Morgan fingerprint density at radius 2 is 2.04 bits per heavy atom. The topological polar surface area (TPSA) is 48.0 Å². The largest absolute Gasteiger partial charge is 0.493 e. The van der Waals surface area contributed by atoms with Gasteiger partial charge in [0.05, 0.1) is 26.2 Å². The molecule has 1 saturated heterocycles. The zero-order valence-corrected chi connectivity index (χ0v) is 16.5. The number of ether oxygens (including phenoxy) is 3. The maximum absolute atomic E-state index is 13.0. The second-order valence-corrected chi connectivity index (χ2v) is 7.55. The fourth-order valence-corrected chi connectivity index (χ4v) is 4.73. The smallest absolute Gasteiger partial charge is 0.311 e. The molecule has 0 saturated carbocycles. The van der Waals surface area contributed by atoms with E-state index in [2.05, 4.69) is 35.2 Å². The first-order chi connectivity index (χ1) is 13.7. The molecule has 2 atom stereocenters. The maximum atomic E-state index is 13.0. The SMILES string of the molecule is CCOC(=O)[C@@H]1CN(Cc2ccccc2)C[C@]12CCOc1c(OC)cccc12. The van der Waals surface area contributed by atoms with E-state index in [4.69, 9.17) is 14.2 Å². The van der Waals surface area contributed by atoms with Crippen LogP contribution in [0.3, 0.4) is 0 Å². The Hall–Kier alpha value is -2.53. The van der Waals surface area contributed by atoms with Crippen LogP contribution in [0.15, 0.2) is 48.5 Å². The van der Waals surface area contributed by atoms with E-state index < -0.39 is 0 Å². The average Bonchev–Trinajstić information content (AvgIpc) is 3.07. The van der Waals surface area contributed by atoms with Gasteiger partial charge in [0.1, 0.15) is 0 Å². The van der Waals surface area contributed by atoms with Crippen LogP contribution in [-0.2, 0) is 21.5 Å². The van der Waals surface area contributed by atoms with Gasteiger partial charge >= 0.3 is 5.97 Å². The highest BCUT2D eigenvalue weighted by molar-refractivity contribution is 5.76. The van der Waals surface area contributed by atoms with Gasteiger partial charge in [-0.2, -0.15) is 0 Å². The molecule has 0 unspecified atom stereocenters. The third-order valence-electron chi connectivity index (χ3n) is 5.96. The van der Waals surface area contributed by atoms with Gasteiger partial charge in [0.25, 0.3) is 0 Å². The highest BCUT2D eigenvalue weighted by atomic mass is 16.5. The summed E-state index contributed by atoms with van der Waals surface area (Å²) in [5, 5.41) is 0. The number of hydrogen-bond acceptors (Lipinski definition) is 5. The number of fused-ring (bicyclic) bond motifs is 2. The van der Waals surface area contributed by atoms with E-state index in [0.717, 1.165) is 36.6 Å². The van der Waals surface area contributed by atoms with Gasteiger partial charge in [0.2, 0.25) is 0 Å². The molecule has 148 valence electrons. The quantitative estimate of drug-likeness (QED) is 0.743. The van der Waals surface area contributed by atoms with Gasteiger partial charge in [-0.3, -0.25) is 9.69 Å². The zero-order valence-electron chi connectivity index (χ0n) is 16.5. The molecule has 2 aromatic rings. The summed E-state index contributed by atoms with van der Waals surface area (Å²) in [5.41, 5.74) is 2.00. The van der Waals surface area contributed by atoms with Crippen LogP contribution in [0, 0.1) is 5.92 Å². The first kappa shape index (κ1) is 18.8. The van der Waals surface area contributed by atoms with Gasteiger partial charge in [0.15, 0.2) is 11.5 Å². The molecule has 28 heavy (non-hydrogen) atoms. The molecule has 0 aromatic heterocycles. The van der Waals surface area contributed by atoms with Gasteiger partial charge in [0, 0.05) is 30.6 Å². The fourth-order valence-electron chi connectivity index (χ4n) is 4.73. The van der Waals surface area contributed by atoms with Crippen LogP contribution >= 0.6 is 0 Å². The van der Waals surface area contributed by atoms with Crippen LogP contribution in [-0.4, -0.2) is 44.3 Å². The third-order valence-corrected chi connectivity index (χ3v) is 5.96. The molecule has 0 N–H and O–H groups in total. The Balaban J connectivity index is 1.72. The summed E-state index contributed by atoms with van der Waals surface area (Å²) in [7, 11) is 1.65. The minimum absolute atomic E-state index is 0.117. The van der Waals surface area contributed by atoms with Crippen molar-refractivity contribution >= 4 is 5.97 Å². The van der Waals surface area contributed by atoms with Crippen molar-refractivity contribution < 1.29 is 19.0 Å². The molecular weight excluding hydrogens is 354 g/mol. The lowest BCUT2D eigenvalue weighted by molar-refractivity contribution is -0.149. The van der Waals surface area contributed by atoms with Crippen LogP contribution in [0.5, 0.6) is 11.5 Å². The van der Waals surface area contributed by atoms with Crippen molar-refractivity contribution in [1.82, 2.24) is 4.90 Å². The first-order valence-corrected chi connectivity index (χ1v) is 9.91. The van der Waals surface area contributed by atoms with Crippen LogP contribution in [0.2, 0.25) is 0 Å². The Bertz CT molecular complexity index is 838. The van der Waals surface area contributed by atoms with E-state index in [9.17, 15) is 4.79 Å². The average molecular weight is 381 g/mol. The van der Waals surface area contributed by atoms with Gasteiger partial charge in [-0.25, -0.2) is 0 Å². The number of nitrogens with zero attached hydrogens (tertiary/aromatic N) is 1. The minimum atomic E-state index is -0.316. The van der Waals surface area contributed by atoms with Crippen molar-refractivity contribution in [2.45, 2.75) is 25.3 Å². The molecule has 0 bridgehead atoms. The van der Waals surface area contributed by atoms with Crippen molar-refractivity contribution in [3.8, 4) is 11.5 Å². The lowest BCUT2D eigenvalue weighted by Gasteiger charge is -2.39. The summed E-state index contributed by atoms with van der Waals surface area (Å²) in [6.07, 6.45) is 0.794. The van der Waals surface area contributed by atoms with Crippen LogP contribution in [0.4, 0.5) is 0 Å². The number of methoxy groups -OCH3 is 1. The Morgan fingerprint density at radius 1 is 1.21 bits per heavy atom. The van der Waals surface area contributed by atoms with Crippen molar-refractivity contribution in [2.75, 3.05) is 33.4 Å². The van der Waals surface area contributed by atoms with E-state index >= 15 is 0 Å². The summed E-state index contributed by atoms with van der Waals surface area (Å²) in [6.45, 7) is 5.13. The minimum Gasteiger partial charge on any atom is -0.493 e. The van der Waals surface area contributed by atoms with E-state index in [0.29, 0.717) is 19.8 Å². The first-order valence-electron chi connectivity index (χ1n) is 9.91. The molecule has 0 amide bonds. The molecule has 4 rings (SSSR count). The molecule has 2 aliphatic rings. The molecule has 5 nitrogen and oxygen atoms in total. The Morgan fingerprint density at radius 3 is 2.79 bits per heavy atom. The van der Waals surface area contributed by atoms with E-state index in [-0.39, 0.29) is 17.3 Å². The van der Waals surface area contributed by atoms with Crippen LogP contribution in [0.1, 0.15) is 24.5 Å². The Labute approximate surface area is 166 Å². The van der Waals surface area contributed by atoms with E-state index in [1.807, 2.05) is 25.1 Å². The zero-order chi connectivity index (χ0) is 19.6. The van der Waals surface area contributed by atoms with Gasteiger partial charge in [-0.05, 0) is 25.0 Å². The number of benzene rings is 2. The third kappa shape index (κ3) is 3.24. The van der Waals surface area contributed by atoms with Crippen molar-refractivity contribution in [1.29, 1.82) is 0 Å². The predicted molar refractivity (Wildman–Crippen MR) is 107 cm³/mol. The number of esters is 1. The lowest BCUT2D eigenvalue weighted by atomic mass is 9.69. The summed E-state index contributed by atoms with van der Waals surface area (Å²) >= 11 is 0. The maximum Gasteiger partial charge on any atom is 0.311 e. The molecule has 2 aromatic carbocycles. The fraction of sp³-hybridized carbons (Fsp3) is 0.435. The molecule has 5 heteroatoms. The molecule has 0 radical (unpaired) electrons. The monoisotopic (exact) mass is 381 g/mol. The normalized spacial score (nSPS) is 23.9.